The number of anilines is 1. The van der Waals surface area contributed by atoms with E-state index in [2.05, 4.69) is 10.6 Å². The largest absolute Gasteiger partial charge is 0.496 e. The van der Waals surface area contributed by atoms with Gasteiger partial charge in [0.25, 0.3) is 10.1 Å². The zero-order valence-corrected chi connectivity index (χ0v) is 13.6. The fraction of sp³-hybridized carbons (Fsp3) is 0.0625. The molecule has 0 radical (unpaired) electrons. The molecular weight excluding hydrogens is 332 g/mol. The second-order valence-electron chi connectivity index (χ2n) is 4.67. The van der Waals surface area contributed by atoms with Crippen LogP contribution in [0.1, 0.15) is 5.56 Å². The van der Waals surface area contributed by atoms with Crippen LogP contribution in [0.2, 0.25) is 0 Å². The lowest BCUT2D eigenvalue weighted by Gasteiger charge is -2.06. The third kappa shape index (κ3) is 4.83. The lowest BCUT2D eigenvalue weighted by Crippen LogP contribution is -2.23. The summed E-state index contributed by atoms with van der Waals surface area (Å²) in [5.74, 6) is 0.678. The number of benzene rings is 2. The molecule has 0 saturated carbocycles. The molecule has 8 heteroatoms. The first-order valence-corrected chi connectivity index (χ1v) is 8.29. The number of ether oxygens (including phenoxy) is 1. The molecule has 24 heavy (non-hydrogen) atoms. The Hall–Kier alpha value is -2.84. The second kappa shape index (κ2) is 7.62. The van der Waals surface area contributed by atoms with Crippen LogP contribution >= 0.6 is 0 Å². The summed E-state index contributed by atoms with van der Waals surface area (Å²) in [6.07, 6.45) is 3.14. The maximum Gasteiger partial charge on any atom is 0.323 e. The molecule has 7 nitrogen and oxygen atoms in total. The number of rotatable bonds is 5. The summed E-state index contributed by atoms with van der Waals surface area (Å²) in [5.41, 5.74) is 1.18. The molecule has 0 bridgehead atoms. The van der Waals surface area contributed by atoms with Gasteiger partial charge < -0.3 is 15.4 Å². The molecule has 0 spiro atoms. The Morgan fingerprint density at radius 2 is 1.79 bits per heavy atom. The van der Waals surface area contributed by atoms with Gasteiger partial charge in [-0.25, -0.2) is 4.79 Å². The highest BCUT2D eigenvalue weighted by molar-refractivity contribution is 7.85. The van der Waals surface area contributed by atoms with Crippen LogP contribution in [0.25, 0.3) is 6.08 Å². The predicted octanol–water partition coefficient (Wildman–Crippen LogP) is 2.73. The molecular formula is C16H16N2O5S. The van der Waals surface area contributed by atoms with Gasteiger partial charge in [0, 0.05) is 17.5 Å². The van der Waals surface area contributed by atoms with Crippen molar-refractivity contribution in [2.45, 2.75) is 4.90 Å². The monoisotopic (exact) mass is 348 g/mol. The Labute approximate surface area is 139 Å². The van der Waals surface area contributed by atoms with E-state index < -0.39 is 16.1 Å². The number of hydrogen-bond donors (Lipinski definition) is 3. The van der Waals surface area contributed by atoms with Gasteiger partial charge in [-0.1, -0.05) is 18.2 Å². The van der Waals surface area contributed by atoms with Crippen LogP contribution in [0.4, 0.5) is 10.5 Å². The second-order valence-corrected chi connectivity index (χ2v) is 6.09. The minimum atomic E-state index is -4.25. The molecule has 2 rings (SSSR count). The molecule has 0 fully saturated rings. The quantitative estimate of drug-likeness (QED) is 0.721. The van der Waals surface area contributed by atoms with E-state index in [0.717, 1.165) is 5.56 Å². The lowest BCUT2D eigenvalue weighted by molar-refractivity contribution is 0.255. The molecule has 2 aromatic rings. The van der Waals surface area contributed by atoms with Crippen LogP contribution in [0.5, 0.6) is 5.75 Å². The van der Waals surface area contributed by atoms with Crippen molar-refractivity contribution < 1.29 is 22.5 Å². The third-order valence-corrected chi connectivity index (χ3v) is 3.89. The van der Waals surface area contributed by atoms with E-state index in [0.29, 0.717) is 11.4 Å². The van der Waals surface area contributed by atoms with Gasteiger partial charge in [-0.3, -0.25) is 4.55 Å². The number of amides is 2. The first kappa shape index (κ1) is 17.5. The number of carbonyl (C=O) groups is 1. The molecule has 0 aliphatic rings. The first-order valence-electron chi connectivity index (χ1n) is 6.85. The predicted molar refractivity (Wildman–Crippen MR) is 90.4 cm³/mol. The first-order chi connectivity index (χ1) is 11.4. The van der Waals surface area contributed by atoms with Crippen molar-refractivity contribution >= 4 is 27.9 Å². The fourth-order valence-corrected chi connectivity index (χ4v) is 2.37. The Kier molecular flexibility index (Phi) is 5.56. The Bertz CT molecular complexity index is 845. The SMILES string of the molecule is COc1ccccc1/C=C/NC(=O)Nc1ccc(S(=O)(=O)O)cc1. The van der Waals surface area contributed by atoms with Crippen LogP contribution in [0.15, 0.2) is 59.6 Å². The highest BCUT2D eigenvalue weighted by Crippen LogP contribution is 2.18. The number of methoxy groups -OCH3 is 1. The fourth-order valence-electron chi connectivity index (χ4n) is 1.89. The Balaban J connectivity index is 1.95. The standard InChI is InChI=1S/C16H16N2O5S/c1-23-15-5-3-2-4-12(15)10-11-17-16(19)18-13-6-8-14(9-7-13)24(20,21)22/h2-11H,1H3,(H2,17,18,19)(H,20,21,22)/b11-10+. The molecule has 0 heterocycles. The normalized spacial score (nSPS) is 11.2. The molecule has 2 aromatic carbocycles. The summed E-state index contributed by atoms with van der Waals surface area (Å²) in [6, 6.07) is 11.9. The van der Waals surface area contributed by atoms with E-state index >= 15 is 0 Å². The van der Waals surface area contributed by atoms with Crippen LogP contribution < -0.4 is 15.4 Å². The number of para-hydroxylation sites is 1. The molecule has 0 aliphatic carbocycles. The zero-order valence-electron chi connectivity index (χ0n) is 12.8. The van der Waals surface area contributed by atoms with Gasteiger partial charge in [0.2, 0.25) is 0 Å². The van der Waals surface area contributed by atoms with Crippen LogP contribution in [0, 0.1) is 0 Å². The van der Waals surface area contributed by atoms with E-state index in [4.69, 9.17) is 9.29 Å². The summed E-state index contributed by atoms with van der Waals surface area (Å²) >= 11 is 0. The van der Waals surface area contributed by atoms with Crippen molar-refractivity contribution in [3.05, 3.63) is 60.3 Å². The maximum atomic E-state index is 11.8. The van der Waals surface area contributed by atoms with Gasteiger partial charge in [0.1, 0.15) is 5.75 Å². The molecule has 0 saturated heterocycles. The van der Waals surface area contributed by atoms with Crippen LogP contribution in [-0.2, 0) is 10.1 Å². The van der Waals surface area contributed by atoms with Gasteiger partial charge in [0.15, 0.2) is 0 Å². The van der Waals surface area contributed by atoms with Crippen molar-refractivity contribution in [1.29, 1.82) is 0 Å². The third-order valence-electron chi connectivity index (χ3n) is 3.03. The molecule has 0 aliphatic heterocycles. The van der Waals surface area contributed by atoms with Gasteiger partial charge >= 0.3 is 6.03 Å². The van der Waals surface area contributed by atoms with E-state index in [1.165, 1.54) is 30.5 Å². The lowest BCUT2D eigenvalue weighted by atomic mass is 10.2. The van der Waals surface area contributed by atoms with Crippen molar-refractivity contribution in [2.75, 3.05) is 12.4 Å². The molecule has 0 aromatic heterocycles. The summed E-state index contributed by atoms with van der Waals surface area (Å²) < 4.78 is 35.9. The average molecular weight is 348 g/mol. The maximum absolute atomic E-state index is 11.8. The Morgan fingerprint density at radius 3 is 2.42 bits per heavy atom. The van der Waals surface area contributed by atoms with Crippen LogP contribution in [0.3, 0.4) is 0 Å². The van der Waals surface area contributed by atoms with Crippen molar-refractivity contribution in [1.82, 2.24) is 5.32 Å². The van der Waals surface area contributed by atoms with Crippen molar-refractivity contribution in [2.24, 2.45) is 0 Å². The summed E-state index contributed by atoms with van der Waals surface area (Å²) in [4.78, 5) is 11.5. The van der Waals surface area contributed by atoms with E-state index in [1.807, 2.05) is 18.2 Å². The average Bonchev–Trinajstić information content (AvgIpc) is 2.55. The minimum Gasteiger partial charge on any atom is -0.496 e. The molecule has 0 unspecified atom stereocenters. The zero-order chi connectivity index (χ0) is 17.6. The topological polar surface area (TPSA) is 105 Å². The Morgan fingerprint density at radius 1 is 1.12 bits per heavy atom. The summed E-state index contributed by atoms with van der Waals surface area (Å²) in [5, 5.41) is 5.05. The van der Waals surface area contributed by atoms with E-state index in [-0.39, 0.29) is 4.90 Å². The molecule has 0 atom stereocenters. The summed E-state index contributed by atoms with van der Waals surface area (Å²) in [6.45, 7) is 0. The number of carbonyl (C=O) groups excluding carboxylic acids is 1. The molecule has 3 N–H and O–H groups in total. The van der Waals surface area contributed by atoms with Gasteiger partial charge in [-0.2, -0.15) is 8.42 Å². The highest BCUT2D eigenvalue weighted by atomic mass is 32.2. The van der Waals surface area contributed by atoms with E-state index in [9.17, 15) is 13.2 Å². The smallest absolute Gasteiger partial charge is 0.323 e. The number of urea groups is 1. The number of nitrogens with one attached hydrogen (secondary N) is 2. The van der Waals surface area contributed by atoms with E-state index in [1.54, 1.807) is 19.3 Å². The molecule has 2 amide bonds. The van der Waals surface area contributed by atoms with Crippen molar-refractivity contribution in [3.8, 4) is 5.75 Å². The summed E-state index contributed by atoms with van der Waals surface area (Å²) in [7, 11) is -2.69. The highest BCUT2D eigenvalue weighted by Gasteiger charge is 2.09. The molecule has 126 valence electrons. The van der Waals surface area contributed by atoms with Gasteiger partial charge in [0.05, 0.1) is 12.0 Å². The van der Waals surface area contributed by atoms with Crippen molar-refractivity contribution in [3.63, 3.8) is 0 Å². The van der Waals surface area contributed by atoms with Gasteiger partial charge in [-0.15, -0.1) is 0 Å². The number of hydrogen-bond acceptors (Lipinski definition) is 4. The minimum absolute atomic E-state index is 0.246. The van der Waals surface area contributed by atoms with Gasteiger partial charge in [-0.05, 0) is 36.4 Å². The van der Waals surface area contributed by atoms with Crippen LogP contribution in [-0.4, -0.2) is 26.1 Å².